The van der Waals surface area contributed by atoms with Gasteiger partial charge < -0.3 is 15.4 Å². The van der Waals surface area contributed by atoms with E-state index < -0.39 is 6.10 Å². The van der Waals surface area contributed by atoms with Crippen LogP contribution in [0.2, 0.25) is 0 Å². The molecule has 1 atom stereocenters. The summed E-state index contributed by atoms with van der Waals surface area (Å²) in [5.41, 5.74) is 7.49. The second kappa shape index (κ2) is 6.52. The highest BCUT2D eigenvalue weighted by atomic mass is 16.5. The number of rotatable bonds is 5. The molecular formula is C14H22N2O2. The molecule has 0 bridgehead atoms. The number of nitrogens with two attached hydrogens (primary N) is 1. The summed E-state index contributed by atoms with van der Waals surface area (Å²) in [6.07, 6.45) is -0.443. The van der Waals surface area contributed by atoms with Crippen LogP contribution in [-0.4, -0.2) is 25.2 Å². The van der Waals surface area contributed by atoms with Crippen molar-refractivity contribution in [1.82, 2.24) is 0 Å². The minimum absolute atomic E-state index is 0.0343. The monoisotopic (exact) mass is 250 g/mol. The summed E-state index contributed by atoms with van der Waals surface area (Å²) < 4.78 is 5.10. The molecule has 0 aliphatic rings. The summed E-state index contributed by atoms with van der Waals surface area (Å²) in [5.74, 6) is -0.0343. The summed E-state index contributed by atoms with van der Waals surface area (Å²) in [5, 5.41) is 0. The average molecular weight is 250 g/mol. The lowest BCUT2D eigenvalue weighted by Crippen LogP contribution is -2.43. The van der Waals surface area contributed by atoms with E-state index >= 15 is 0 Å². The lowest BCUT2D eigenvalue weighted by atomic mass is 10.1. The van der Waals surface area contributed by atoms with Gasteiger partial charge in [0.15, 0.2) is 0 Å². The topological polar surface area (TPSA) is 55.6 Å². The fraction of sp³-hybridized carbons (Fsp3) is 0.500. The molecule has 0 heterocycles. The molecule has 4 heteroatoms. The normalized spacial score (nSPS) is 12.6. The van der Waals surface area contributed by atoms with Gasteiger partial charge in [-0.25, -0.2) is 0 Å². The van der Waals surface area contributed by atoms with Gasteiger partial charge in [0, 0.05) is 25.4 Å². The maximum absolute atomic E-state index is 12.2. The molecule has 0 aliphatic heterocycles. The van der Waals surface area contributed by atoms with Gasteiger partial charge in [0.1, 0.15) is 6.10 Å². The number of amides is 1. The van der Waals surface area contributed by atoms with Crippen molar-refractivity contribution in [2.24, 2.45) is 5.73 Å². The maximum atomic E-state index is 12.2. The first-order valence-corrected chi connectivity index (χ1v) is 6.16. The van der Waals surface area contributed by atoms with Gasteiger partial charge in [-0.05, 0) is 38.5 Å². The second-order valence-corrected chi connectivity index (χ2v) is 4.55. The molecule has 2 N–H and O–H groups in total. The third kappa shape index (κ3) is 3.31. The molecule has 0 radical (unpaired) electrons. The summed E-state index contributed by atoms with van der Waals surface area (Å²) >= 11 is 0. The predicted octanol–water partition coefficient (Wildman–Crippen LogP) is 1.92. The molecule has 1 amide bonds. The fourth-order valence-corrected chi connectivity index (χ4v) is 1.77. The molecule has 0 saturated heterocycles. The zero-order chi connectivity index (χ0) is 13.7. The van der Waals surface area contributed by atoms with Crippen LogP contribution in [0, 0.1) is 0 Å². The molecule has 1 aromatic carbocycles. The largest absolute Gasteiger partial charge is 0.372 e. The molecule has 1 unspecified atom stereocenters. The summed E-state index contributed by atoms with van der Waals surface area (Å²) in [7, 11) is 1.54. The molecule has 0 saturated carbocycles. The van der Waals surface area contributed by atoms with Crippen molar-refractivity contribution in [2.45, 2.75) is 39.5 Å². The number of hydrogen-bond donors (Lipinski definition) is 1. The smallest absolute Gasteiger partial charge is 0.256 e. The minimum atomic E-state index is -0.443. The quantitative estimate of drug-likeness (QED) is 0.868. The van der Waals surface area contributed by atoms with Gasteiger partial charge >= 0.3 is 0 Å². The van der Waals surface area contributed by atoms with E-state index in [1.54, 1.807) is 18.9 Å². The third-order valence-electron chi connectivity index (χ3n) is 2.91. The van der Waals surface area contributed by atoms with Crippen LogP contribution in [0.15, 0.2) is 24.3 Å². The maximum Gasteiger partial charge on any atom is 0.256 e. The molecule has 1 aromatic rings. The van der Waals surface area contributed by atoms with E-state index in [9.17, 15) is 4.79 Å². The Morgan fingerprint density at radius 1 is 1.28 bits per heavy atom. The highest BCUT2D eigenvalue weighted by Gasteiger charge is 2.23. The highest BCUT2D eigenvalue weighted by molar-refractivity contribution is 5.96. The van der Waals surface area contributed by atoms with Crippen LogP contribution in [0.1, 0.15) is 26.3 Å². The van der Waals surface area contributed by atoms with Crippen LogP contribution in [0.25, 0.3) is 0 Å². The second-order valence-electron chi connectivity index (χ2n) is 4.55. The Balaban J connectivity index is 3.00. The molecule has 0 fully saturated rings. The zero-order valence-electron chi connectivity index (χ0n) is 11.5. The van der Waals surface area contributed by atoms with Crippen molar-refractivity contribution in [2.75, 3.05) is 12.0 Å². The van der Waals surface area contributed by atoms with E-state index in [0.29, 0.717) is 6.54 Å². The Hall–Kier alpha value is -1.39. The number of carbonyl (C=O) groups is 1. The number of ether oxygens (including phenoxy) is 1. The van der Waals surface area contributed by atoms with E-state index in [2.05, 4.69) is 0 Å². The number of anilines is 1. The van der Waals surface area contributed by atoms with E-state index in [-0.39, 0.29) is 11.9 Å². The van der Waals surface area contributed by atoms with Crippen LogP contribution >= 0.6 is 0 Å². The van der Waals surface area contributed by atoms with Gasteiger partial charge in [0.25, 0.3) is 5.91 Å². The van der Waals surface area contributed by atoms with Crippen LogP contribution in [0.5, 0.6) is 0 Å². The van der Waals surface area contributed by atoms with Gasteiger partial charge in [-0.1, -0.05) is 12.1 Å². The van der Waals surface area contributed by atoms with Crippen molar-refractivity contribution in [3.63, 3.8) is 0 Å². The molecule has 100 valence electrons. The number of benzene rings is 1. The molecule has 18 heavy (non-hydrogen) atoms. The molecule has 1 rings (SSSR count). The highest BCUT2D eigenvalue weighted by Crippen LogP contribution is 2.19. The summed E-state index contributed by atoms with van der Waals surface area (Å²) in [6, 6.07) is 7.80. The molecule has 0 aromatic heterocycles. The van der Waals surface area contributed by atoms with Crippen molar-refractivity contribution in [1.29, 1.82) is 0 Å². The Morgan fingerprint density at radius 3 is 2.22 bits per heavy atom. The third-order valence-corrected chi connectivity index (χ3v) is 2.91. The van der Waals surface area contributed by atoms with Gasteiger partial charge in [-0.3, -0.25) is 4.79 Å². The molecule has 0 aliphatic carbocycles. The van der Waals surface area contributed by atoms with Crippen molar-refractivity contribution in [3.05, 3.63) is 29.8 Å². The van der Waals surface area contributed by atoms with Crippen LogP contribution in [0.3, 0.4) is 0 Å². The Labute approximate surface area is 109 Å². The summed E-state index contributed by atoms with van der Waals surface area (Å²) in [4.78, 5) is 14.0. The van der Waals surface area contributed by atoms with Gasteiger partial charge in [0.05, 0.1) is 0 Å². The SMILES string of the molecule is COC(C)C(=O)N(c1ccc(CN)cc1)C(C)C. The number of nitrogens with zero attached hydrogens (tertiary/aromatic N) is 1. The molecular weight excluding hydrogens is 228 g/mol. The van der Waals surface area contributed by atoms with E-state index in [1.165, 1.54) is 0 Å². The standard InChI is InChI=1S/C14H22N2O2/c1-10(2)16(14(17)11(3)18-4)13-7-5-12(9-15)6-8-13/h5-8,10-11H,9,15H2,1-4H3. The van der Waals surface area contributed by atoms with E-state index in [1.807, 2.05) is 38.1 Å². The number of carbonyl (C=O) groups excluding carboxylic acids is 1. The number of methoxy groups -OCH3 is 1. The molecule has 4 nitrogen and oxygen atoms in total. The van der Waals surface area contributed by atoms with E-state index in [4.69, 9.17) is 10.5 Å². The molecule has 0 spiro atoms. The first kappa shape index (κ1) is 14.7. The lowest BCUT2D eigenvalue weighted by molar-refractivity contribution is -0.127. The fourth-order valence-electron chi connectivity index (χ4n) is 1.77. The van der Waals surface area contributed by atoms with Gasteiger partial charge in [-0.15, -0.1) is 0 Å². The Bertz CT molecular complexity index is 387. The van der Waals surface area contributed by atoms with Crippen molar-refractivity contribution < 1.29 is 9.53 Å². The van der Waals surface area contributed by atoms with E-state index in [0.717, 1.165) is 11.3 Å². The number of hydrogen-bond acceptors (Lipinski definition) is 3. The average Bonchev–Trinajstić information content (AvgIpc) is 2.38. The first-order valence-electron chi connectivity index (χ1n) is 6.16. The van der Waals surface area contributed by atoms with Crippen LogP contribution < -0.4 is 10.6 Å². The first-order chi connectivity index (χ1) is 8.51. The Morgan fingerprint density at radius 2 is 1.83 bits per heavy atom. The van der Waals surface area contributed by atoms with Crippen molar-refractivity contribution in [3.8, 4) is 0 Å². The minimum Gasteiger partial charge on any atom is -0.372 e. The van der Waals surface area contributed by atoms with Crippen LogP contribution in [-0.2, 0) is 16.1 Å². The Kier molecular flexibility index (Phi) is 5.31. The van der Waals surface area contributed by atoms with Gasteiger partial charge in [0.2, 0.25) is 0 Å². The van der Waals surface area contributed by atoms with Crippen LogP contribution in [0.4, 0.5) is 5.69 Å². The predicted molar refractivity (Wildman–Crippen MR) is 73.4 cm³/mol. The lowest BCUT2D eigenvalue weighted by Gasteiger charge is -2.29. The zero-order valence-corrected chi connectivity index (χ0v) is 11.5. The van der Waals surface area contributed by atoms with Crippen molar-refractivity contribution >= 4 is 11.6 Å². The van der Waals surface area contributed by atoms with Gasteiger partial charge in [-0.2, -0.15) is 0 Å². The summed E-state index contributed by atoms with van der Waals surface area (Å²) in [6.45, 7) is 6.23.